The summed E-state index contributed by atoms with van der Waals surface area (Å²) in [5.41, 5.74) is 0. The topological polar surface area (TPSA) is 78.9 Å². The minimum absolute atomic E-state index is 0.0618. The smallest absolute Gasteiger partial charge is 0.306 e. The molecule has 0 spiro atoms. The van der Waals surface area contributed by atoms with Gasteiger partial charge in [0.15, 0.2) is 6.10 Å². The Labute approximate surface area is 444 Å². The van der Waals surface area contributed by atoms with Crippen LogP contribution in [-0.4, -0.2) is 37.2 Å². The van der Waals surface area contributed by atoms with Gasteiger partial charge in [-0.2, -0.15) is 0 Å². The molecule has 0 aliphatic heterocycles. The standard InChI is InChI=1S/C65H126O6/c1-6-7-8-9-10-11-12-13-14-15-16-17-21-24-30-35-40-45-50-55-63(66)69-58-62(59-70-64(67)56-51-46-41-36-31-27-26-29-34-39-44-49-54-61(4)5)71-65(68)57-52-47-42-37-32-25-22-19-18-20-23-28-33-38-43-48-53-60(2)3/h60-62H,6-59H2,1-5H3/t62-/m0/s1. The van der Waals surface area contributed by atoms with Crippen molar-refractivity contribution in [3.05, 3.63) is 0 Å². The minimum atomic E-state index is -0.764. The van der Waals surface area contributed by atoms with Gasteiger partial charge in [0.25, 0.3) is 0 Å². The van der Waals surface area contributed by atoms with E-state index in [-0.39, 0.29) is 31.1 Å². The number of rotatable bonds is 59. The van der Waals surface area contributed by atoms with Gasteiger partial charge in [-0.3, -0.25) is 14.4 Å². The van der Waals surface area contributed by atoms with Gasteiger partial charge in [0.2, 0.25) is 0 Å². The lowest BCUT2D eigenvalue weighted by molar-refractivity contribution is -0.167. The largest absolute Gasteiger partial charge is 0.462 e. The van der Waals surface area contributed by atoms with E-state index in [4.69, 9.17) is 14.2 Å². The molecule has 1 atom stereocenters. The molecule has 0 rings (SSSR count). The molecule has 0 aromatic heterocycles. The number of hydrogen-bond acceptors (Lipinski definition) is 6. The highest BCUT2D eigenvalue weighted by molar-refractivity contribution is 5.71. The van der Waals surface area contributed by atoms with Gasteiger partial charge in [-0.25, -0.2) is 0 Å². The van der Waals surface area contributed by atoms with Crippen LogP contribution in [0.5, 0.6) is 0 Å². The van der Waals surface area contributed by atoms with Crippen molar-refractivity contribution < 1.29 is 28.6 Å². The third-order valence-electron chi connectivity index (χ3n) is 15.0. The van der Waals surface area contributed by atoms with Crippen LogP contribution in [0.1, 0.15) is 369 Å². The molecule has 0 radical (unpaired) electrons. The molecular weight excluding hydrogens is 877 g/mol. The van der Waals surface area contributed by atoms with Gasteiger partial charge in [-0.05, 0) is 31.1 Å². The number of unbranched alkanes of at least 4 members (excludes halogenated alkanes) is 44. The van der Waals surface area contributed by atoms with E-state index in [1.165, 1.54) is 257 Å². The van der Waals surface area contributed by atoms with Gasteiger partial charge in [0.1, 0.15) is 13.2 Å². The molecule has 0 saturated heterocycles. The zero-order valence-electron chi connectivity index (χ0n) is 48.9. The number of carbonyl (C=O) groups is 3. The second-order valence-corrected chi connectivity index (χ2v) is 23.4. The van der Waals surface area contributed by atoms with Gasteiger partial charge in [-0.15, -0.1) is 0 Å². The molecular formula is C65H126O6. The van der Waals surface area contributed by atoms with Crippen LogP contribution in [0.15, 0.2) is 0 Å². The Kier molecular flexibility index (Phi) is 56.4. The number of carbonyl (C=O) groups excluding carboxylic acids is 3. The van der Waals surface area contributed by atoms with E-state index in [0.29, 0.717) is 19.3 Å². The summed E-state index contributed by atoms with van der Waals surface area (Å²) in [4.78, 5) is 38.3. The van der Waals surface area contributed by atoms with Crippen molar-refractivity contribution >= 4 is 17.9 Å². The third kappa shape index (κ3) is 59.2. The molecule has 0 bridgehead atoms. The zero-order valence-corrected chi connectivity index (χ0v) is 48.9. The average Bonchev–Trinajstić information content (AvgIpc) is 3.35. The second kappa shape index (κ2) is 57.7. The predicted octanol–water partition coefficient (Wildman–Crippen LogP) is 21.6. The van der Waals surface area contributed by atoms with Crippen LogP contribution in [0.2, 0.25) is 0 Å². The maximum absolute atomic E-state index is 12.9. The van der Waals surface area contributed by atoms with Gasteiger partial charge < -0.3 is 14.2 Å². The maximum Gasteiger partial charge on any atom is 0.306 e. The van der Waals surface area contributed by atoms with E-state index in [0.717, 1.165) is 69.6 Å². The van der Waals surface area contributed by atoms with E-state index in [2.05, 4.69) is 34.6 Å². The summed E-state index contributed by atoms with van der Waals surface area (Å²) < 4.78 is 17.0. The lowest BCUT2D eigenvalue weighted by Crippen LogP contribution is -2.30. The third-order valence-corrected chi connectivity index (χ3v) is 15.0. The van der Waals surface area contributed by atoms with Crippen LogP contribution in [0.3, 0.4) is 0 Å². The van der Waals surface area contributed by atoms with Crippen LogP contribution in [0, 0.1) is 11.8 Å². The van der Waals surface area contributed by atoms with Crippen LogP contribution in [0.4, 0.5) is 0 Å². The SMILES string of the molecule is CCCCCCCCCCCCCCCCCCCCCC(=O)OC[C@@H](COC(=O)CCCCCCCCCCCCCCC(C)C)OC(=O)CCCCCCCCCCCCCCCCCCC(C)C. The molecule has 0 fully saturated rings. The zero-order chi connectivity index (χ0) is 51.8. The van der Waals surface area contributed by atoms with Crippen molar-refractivity contribution in [3.63, 3.8) is 0 Å². The number of ether oxygens (including phenoxy) is 3. The van der Waals surface area contributed by atoms with Crippen molar-refractivity contribution in [2.75, 3.05) is 13.2 Å². The fourth-order valence-electron chi connectivity index (χ4n) is 10.1. The molecule has 0 N–H and O–H groups in total. The number of hydrogen-bond donors (Lipinski definition) is 0. The lowest BCUT2D eigenvalue weighted by Gasteiger charge is -2.18. The summed E-state index contributed by atoms with van der Waals surface area (Å²) in [7, 11) is 0. The monoisotopic (exact) mass is 1000 g/mol. The van der Waals surface area contributed by atoms with Gasteiger partial charge in [-0.1, -0.05) is 330 Å². The first-order chi connectivity index (χ1) is 34.7. The maximum atomic E-state index is 12.9. The summed E-state index contributed by atoms with van der Waals surface area (Å²) in [5, 5.41) is 0. The summed E-state index contributed by atoms with van der Waals surface area (Å²) in [6, 6.07) is 0. The Morgan fingerprint density at radius 1 is 0.268 bits per heavy atom. The lowest BCUT2D eigenvalue weighted by atomic mass is 10.0. The summed E-state index contributed by atoms with van der Waals surface area (Å²) in [6.07, 6.45) is 63.9. The van der Waals surface area contributed by atoms with Gasteiger partial charge in [0.05, 0.1) is 0 Å². The Bertz CT molecular complexity index is 1090. The Morgan fingerprint density at radius 2 is 0.465 bits per heavy atom. The van der Waals surface area contributed by atoms with Crippen LogP contribution in [0.25, 0.3) is 0 Å². The van der Waals surface area contributed by atoms with E-state index < -0.39 is 6.10 Å². The van der Waals surface area contributed by atoms with Crippen LogP contribution < -0.4 is 0 Å². The molecule has 6 nitrogen and oxygen atoms in total. The van der Waals surface area contributed by atoms with Crippen molar-refractivity contribution in [1.82, 2.24) is 0 Å². The molecule has 0 aromatic carbocycles. The van der Waals surface area contributed by atoms with Crippen LogP contribution in [-0.2, 0) is 28.6 Å². The Hall–Kier alpha value is -1.59. The summed E-state index contributed by atoms with van der Waals surface area (Å²) in [5.74, 6) is 0.854. The van der Waals surface area contributed by atoms with Crippen molar-refractivity contribution in [1.29, 1.82) is 0 Å². The molecule has 0 saturated carbocycles. The molecule has 71 heavy (non-hydrogen) atoms. The van der Waals surface area contributed by atoms with Crippen molar-refractivity contribution in [2.24, 2.45) is 11.8 Å². The van der Waals surface area contributed by atoms with Crippen molar-refractivity contribution in [2.45, 2.75) is 375 Å². The second-order valence-electron chi connectivity index (χ2n) is 23.4. The number of esters is 3. The van der Waals surface area contributed by atoms with E-state index in [1.807, 2.05) is 0 Å². The molecule has 422 valence electrons. The fourth-order valence-corrected chi connectivity index (χ4v) is 10.1. The highest BCUT2D eigenvalue weighted by Gasteiger charge is 2.19. The van der Waals surface area contributed by atoms with E-state index in [9.17, 15) is 14.4 Å². The van der Waals surface area contributed by atoms with Crippen LogP contribution >= 0.6 is 0 Å². The summed E-state index contributed by atoms with van der Waals surface area (Å²) in [6.45, 7) is 11.5. The van der Waals surface area contributed by atoms with Gasteiger partial charge >= 0.3 is 17.9 Å². The van der Waals surface area contributed by atoms with Gasteiger partial charge in [0, 0.05) is 19.3 Å². The first-order valence-corrected chi connectivity index (χ1v) is 32.2. The average molecular weight is 1000 g/mol. The summed E-state index contributed by atoms with van der Waals surface area (Å²) >= 11 is 0. The molecule has 0 amide bonds. The molecule has 0 aromatic rings. The highest BCUT2D eigenvalue weighted by atomic mass is 16.6. The Morgan fingerprint density at radius 3 is 0.690 bits per heavy atom. The van der Waals surface area contributed by atoms with Crippen molar-refractivity contribution in [3.8, 4) is 0 Å². The molecule has 0 unspecified atom stereocenters. The predicted molar refractivity (Wildman–Crippen MR) is 307 cm³/mol. The Balaban J connectivity index is 4.28. The first-order valence-electron chi connectivity index (χ1n) is 32.2. The normalized spacial score (nSPS) is 12.0. The molecule has 6 heteroatoms. The molecule has 0 aliphatic carbocycles. The molecule has 0 heterocycles. The first kappa shape index (κ1) is 69.4. The molecule has 0 aliphatic rings. The quantitative estimate of drug-likeness (QED) is 0.0343. The van der Waals surface area contributed by atoms with E-state index >= 15 is 0 Å². The minimum Gasteiger partial charge on any atom is -0.462 e. The highest BCUT2D eigenvalue weighted by Crippen LogP contribution is 2.19. The van der Waals surface area contributed by atoms with E-state index in [1.54, 1.807) is 0 Å². The fraction of sp³-hybridized carbons (Fsp3) is 0.954.